The molecule has 28 heavy (non-hydrogen) atoms. The average molecular weight is 394 g/mol. The first-order valence-electron chi connectivity index (χ1n) is 9.41. The Morgan fingerprint density at radius 3 is 2.00 bits per heavy atom. The standard InChI is InChI=1S/C22H23N3O2S/c1-2-27-21(26)14-15(16-6-3-11-23-16)19-9-10-20(28-19)22(17-7-4-12-24-17)18-8-5-13-25-18/h3-13,15,22-25H,2,14H2,1H3. The Balaban J connectivity index is 1.68. The third kappa shape index (κ3) is 3.82. The van der Waals surface area contributed by atoms with Crippen molar-refractivity contribution in [2.24, 2.45) is 0 Å². The summed E-state index contributed by atoms with van der Waals surface area (Å²) in [6, 6.07) is 16.5. The molecule has 4 aromatic rings. The number of hydrogen-bond donors (Lipinski definition) is 3. The fraction of sp³-hybridized carbons (Fsp3) is 0.227. The van der Waals surface area contributed by atoms with Crippen molar-refractivity contribution < 1.29 is 9.53 Å². The summed E-state index contributed by atoms with van der Waals surface area (Å²) in [5, 5.41) is 0. The summed E-state index contributed by atoms with van der Waals surface area (Å²) in [7, 11) is 0. The Hall–Kier alpha value is -2.99. The molecule has 1 unspecified atom stereocenters. The topological polar surface area (TPSA) is 73.7 Å². The van der Waals surface area contributed by atoms with Crippen LogP contribution in [0.4, 0.5) is 0 Å². The zero-order chi connectivity index (χ0) is 19.3. The highest BCUT2D eigenvalue weighted by Gasteiger charge is 2.25. The van der Waals surface area contributed by atoms with E-state index in [4.69, 9.17) is 4.74 Å². The first kappa shape index (κ1) is 18.4. The number of ether oxygens (including phenoxy) is 1. The number of thiophene rings is 1. The third-order valence-electron chi connectivity index (χ3n) is 4.82. The number of rotatable bonds is 8. The molecule has 4 rings (SSSR count). The van der Waals surface area contributed by atoms with Gasteiger partial charge in [-0.1, -0.05) is 0 Å². The van der Waals surface area contributed by atoms with Crippen LogP contribution in [0.2, 0.25) is 0 Å². The molecular weight excluding hydrogens is 370 g/mol. The molecule has 0 aliphatic rings. The largest absolute Gasteiger partial charge is 0.466 e. The molecule has 0 saturated heterocycles. The molecule has 0 aromatic carbocycles. The van der Waals surface area contributed by atoms with Crippen LogP contribution in [0.5, 0.6) is 0 Å². The van der Waals surface area contributed by atoms with Crippen molar-refractivity contribution in [1.82, 2.24) is 15.0 Å². The van der Waals surface area contributed by atoms with E-state index in [1.54, 1.807) is 11.3 Å². The van der Waals surface area contributed by atoms with Gasteiger partial charge in [-0.15, -0.1) is 11.3 Å². The maximum Gasteiger partial charge on any atom is 0.306 e. The molecule has 144 valence electrons. The second-order valence-electron chi connectivity index (χ2n) is 6.61. The summed E-state index contributed by atoms with van der Waals surface area (Å²) in [5.41, 5.74) is 3.30. The summed E-state index contributed by atoms with van der Waals surface area (Å²) >= 11 is 1.74. The van der Waals surface area contributed by atoms with Crippen molar-refractivity contribution in [2.45, 2.75) is 25.2 Å². The minimum Gasteiger partial charge on any atom is -0.466 e. The van der Waals surface area contributed by atoms with E-state index in [1.807, 2.05) is 49.8 Å². The number of carbonyl (C=O) groups excluding carboxylic acids is 1. The maximum atomic E-state index is 12.2. The number of carbonyl (C=O) groups is 1. The van der Waals surface area contributed by atoms with E-state index in [-0.39, 0.29) is 17.8 Å². The van der Waals surface area contributed by atoms with Gasteiger partial charge in [0, 0.05) is 51.3 Å². The highest BCUT2D eigenvalue weighted by Crippen LogP contribution is 2.39. The van der Waals surface area contributed by atoms with Crippen LogP contribution in [0.25, 0.3) is 0 Å². The number of hydrogen-bond acceptors (Lipinski definition) is 3. The summed E-state index contributed by atoms with van der Waals surface area (Å²) in [4.78, 5) is 24.5. The van der Waals surface area contributed by atoms with E-state index in [2.05, 4.69) is 39.2 Å². The highest BCUT2D eigenvalue weighted by molar-refractivity contribution is 7.12. The van der Waals surface area contributed by atoms with Crippen LogP contribution in [0.1, 0.15) is 52.0 Å². The van der Waals surface area contributed by atoms with Crippen LogP contribution in [-0.4, -0.2) is 27.5 Å². The van der Waals surface area contributed by atoms with Gasteiger partial charge in [0.2, 0.25) is 0 Å². The van der Waals surface area contributed by atoms with Gasteiger partial charge in [-0.2, -0.15) is 0 Å². The minimum absolute atomic E-state index is 0.0410. The lowest BCUT2D eigenvalue weighted by atomic mass is 9.98. The number of nitrogens with one attached hydrogen (secondary N) is 3. The molecular formula is C22H23N3O2S. The predicted molar refractivity (Wildman–Crippen MR) is 111 cm³/mol. The lowest BCUT2D eigenvalue weighted by Gasteiger charge is -2.15. The molecule has 0 aliphatic carbocycles. The van der Waals surface area contributed by atoms with Gasteiger partial charge >= 0.3 is 5.97 Å². The molecule has 0 radical (unpaired) electrons. The van der Waals surface area contributed by atoms with E-state index >= 15 is 0 Å². The second-order valence-corrected chi connectivity index (χ2v) is 7.76. The molecule has 1 atom stereocenters. The lowest BCUT2D eigenvalue weighted by Crippen LogP contribution is -2.11. The monoisotopic (exact) mass is 393 g/mol. The number of H-pyrrole nitrogens is 3. The molecule has 0 fully saturated rings. The highest BCUT2D eigenvalue weighted by atomic mass is 32.1. The van der Waals surface area contributed by atoms with E-state index in [9.17, 15) is 4.79 Å². The van der Waals surface area contributed by atoms with Gasteiger partial charge in [-0.25, -0.2) is 0 Å². The van der Waals surface area contributed by atoms with Crippen molar-refractivity contribution in [3.63, 3.8) is 0 Å². The molecule has 0 saturated carbocycles. The van der Waals surface area contributed by atoms with Crippen LogP contribution in [0, 0.1) is 0 Å². The molecule has 4 heterocycles. The quantitative estimate of drug-likeness (QED) is 0.369. The maximum absolute atomic E-state index is 12.2. The van der Waals surface area contributed by atoms with Gasteiger partial charge in [0.15, 0.2) is 0 Å². The smallest absolute Gasteiger partial charge is 0.306 e. The summed E-state index contributed by atoms with van der Waals surface area (Å²) in [5.74, 6) is -0.112. The third-order valence-corrected chi connectivity index (χ3v) is 6.08. The van der Waals surface area contributed by atoms with Crippen LogP contribution < -0.4 is 0 Å². The Labute approximate surface area is 167 Å². The Bertz CT molecular complexity index is 951. The molecule has 5 nitrogen and oxygen atoms in total. The second kappa shape index (κ2) is 8.35. The molecule has 0 aliphatic heterocycles. The molecule has 6 heteroatoms. The average Bonchev–Trinajstić information content (AvgIpc) is 3.50. The van der Waals surface area contributed by atoms with Gasteiger partial charge < -0.3 is 19.7 Å². The van der Waals surface area contributed by atoms with Crippen molar-refractivity contribution in [2.75, 3.05) is 6.61 Å². The fourth-order valence-electron chi connectivity index (χ4n) is 3.54. The Morgan fingerprint density at radius 2 is 1.46 bits per heavy atom. The van der Waals surface area contributed by atoms with Crippen LogP contribution in [0.15, 0.2) is 67.1 Å². The first-order chi connectivity index (χ1) is 13.8. The van der Waals surface area contributed by atoms with Gasteiger partial charge in [-0.3, -0.25) is 4.79 Å². The zero-order valence-electron chi connectivity index (χ0n) is 15.6. The van der Waals surface area contributed by atoms with Crippen LogP contribution in [-0.2, 0) is 9.53 Å². The predicted octanol–water partition coefficient (Wildman–Crippen LogP) is 5.00. The molecule has 0 spiro atoms. The number of esters is 1. The Morgan fingerprint density at radius 1 is 0.893 bits per heavy atom. The van der Waals surface area contributed by atoms with Gasteiger partial charge in [0.25, 0.3) is 0 Å². The van der Waals surface area contributed by atoms with Gasteiger partial charge in [0.05, 0.1) is 18.9 Å². The zero-order valence-corrected chi connectivity index (χ0v) is 16.5. The molecule has 3 N–H and O–H groups in total. The lowest BCUT2D eigenvalue weighted by molar-refractivity contribution is -0.143. The first-order valence-corrected chi connectivity index (χ1v) is 10.2. The Kier molecular flexibility index (Phi) is 5.48. The molecule has 0 bridgehead atoms. The summed E-state index contributed by atoms with van der Waals surface area (Å²) < 4.78 is 5.21. The minimum atomic E-state index is -0.178. The van der Waals surface area contributed by atoms with Gasteiger partial charge in [0.1, 0.15) is 0 Å². The van der Waals surface area contributed by atoms with E-state index in [1.165, 1.54) is 4.88 Å². The van der Waals surface area contributed by atoms with Gasteiger partial charge in [-0.05, 0) is 55.5 Å². The van der Waals surface area contributed by atoms with Crippen LogP contribution in [0.3, 0.4) is 0 Å². The number of aromatic nitrogens is 3. The van der Waals surface area contributed by atoms with Crippen molar-refractivity contribution >= 4 is 17.3 Å². The van der Waals surface area contributed by atoms with E-state index in [0.29, 0.717) is 13.0 Å². The molecule has 0 amide bonds. The fourth-order valence-corrected chi connectivity index (χ4v) is 4.81. The SMILES string of the molecule is CCOC(=O)CC(c1ccc[nH]1)c1ccc(C(c2ccc[nH]2)c2ccc[nH]2)s1. The van der Waals surface area contributed by atoms with E-state index in [0.717, 1.165) is 22.0 Å². The summed E-state index contributed by atoms with van der Waals surface area (Å²) in [6.45, 7) is 2.23. The van der Waals surface area contributed by atoms with Crippen LogP contribution >= 0.6 is 11.3 Å². The van der Waals surface area contributed by atoms with Crippen molar-refractivity contribution in [3.05, 3.63) is 94.0 Å². The number of aromatic amines is 3. The van der Waals surface area contributed by atoms with Crippen molar-refractivity contribution in [3.8, 4) is 0 Å². The van der Waals surface area contributed by atoms with E-state index < -0.39 is 0 Å². The normalized spacial score (nSPS) is 12.4. The van der Waals surface area contributed by atoms with Crippen molar-refractivity contribution in [1.29, 1.82) is 0 Å². The molecule has 4 aromatic heterocycles. The summed E-state index contributed by atoms with van der Waals surface area (Å²) in [6.07, 6.45) is 6.11.